The molecule has 0 atom stereocenters. The second-order valence-electron chi connectivity index (χ2n) is 11.2. The van der Waals surface area contributed by atoms with Crippen LogP contribution >= 0.6 is 12.2 Å². The standard InChI is InChI=1S/C33H41N3OS/c1-24(2)28-18-13-19-29(25(3)4)31(28)35-30(37)22-36(32(38)34-27-16-9-6-10-17-27)23-33(20-11-12-21-33)26-14-7-5-8-15-26/h5-10,13-19,24-25H,11-12,20-23H2,1-4H3,(H,34,38)(H,35,37). The minimum absolute atomic E-state index is 0.0249. The average Bonchev–Trinajstić information content (AvgIpc) is 3.39. The smallest absolute Gasteiger partial charge is 0.243 e. The number of hydrogen-bond donors (Lipinski definition) is 2. The highest BCUT2D eigenvalue weighted by Crippen LogP contribution is 2.42. The molecule has 5 heteroatoms. The van der Waals surface area contributed by atoms with Gasteiger partial charge in [0.1, 0.15) is 0 Å². The molecule has 0 aromatic heterocycles. The van der Waals surface area contributed by atoms with Crippen LogP contribution in [-0.4, -0.2) is 29.0 Å². The van der Waals surface area contributed by atoms with Gasteiger partial charge in [-0.15, -0.1) is 0 Å². The van der Waals surface area contributed by atoms with Crippen molar-refractivity contribution in [3.63, 3.8) is 0 Å². The van der Waals surface area contributed by atoms with Crippen LogP contribution in [0.2, 0.25) is 0 Å². The average molecular weight is 528 g/mol. The van der Waals surface area contributed by atoms with E-state index in [2.05, 4.69) is 91.8 Å². The van der Waals surface area contributed by atoms with Gasteiger partial charge in [0.05, 0.1) is 6.54 Å². The van der Waals surface area contributed by atoms with Gasteiger partial charge in [-0.1, -0.05) is 107 Å². The van der Waals surface area contributed by atoms with E-state index in [9.17, 15) is 4.79 Å². The molecule has 2 N–H and O–H groups in total. The molecule has 38 heavy (non-hydrogen) atoms. The van der Waals surface area contributed by atoms with Crippen LogP contribution in [0, 0.1) is 0 Å². The highest BCUT2D eigenvalue weighted by Gasteiger charge is 2.38. The summed E-state index contributed by atoms with van der Waals surface area (Å²) in [6.45, 7) is 9.57. The number of carbonyl (C=O) groups excluding carboxylic acids is 1. The van der Waals surface area contributed by atoms with Crippen LogP contribution in [0.1, 0.15) is 81.9 Å². The van der Waals surface area contributed by atoms with E-state index in [1.165, 1.54) is 18.4 Å². The van der Waals surface area contributed by atoms with Gasteiger partial charge >= 0.3 is 0 Å². The lowest BCUT2D eigenvalue weighted by atomic mass is 9.78. The number of benzene rings is 3. The number of nitrogens with one attached hydrogen (secondary N) is 2. The van der Waals surface area contributed by atoms with E-state index in [0.717, 1.165) is 35.3 Å². The van der Waals surface area contributed by atoms with Crippen molar-refractivity contribution in [3.8, 4) is 0 Å². The first kappa shape index (κ1) is 27.8. The number of carbonyl (C=O) groups is 1. The fourth-order valence-corrected chi connectivity index (χ4v) is 5.97. The highest BCUT2D eigenvalue weighted by atomic mass is 32.1. The fraction of sp³-hybridized carbons (Fsp3) is 0.394. The number of para-hydroxylation sites is 2. The zero-order chi connectivity index (χ0) is 27.1. The number of amides is 1. The Morgan fingerprint density at radius 3 is 1.92 bits per heavy atom. The first-order valence-corrected chi connectivity index (χ1v) is 14.3. The molecule has 0 aliphatic heterocycles. The Labute approximate surface area is 233 Å². The Morgan fingerprint density at radius 2 is 1.37 bits per heavy atom. The summed E-state index contributed by atoms with van der Waals surface area (Å²) in [5.41, 5.74) is 5.51. The molecule has 1 amide bonds. The molecule has 0 spiro atoms. The van der Waals surface area contributed by atoms with Gasteiger partial charge in [-0.05, 0) is 65.7 Å². The van der Waals surface area contributed by atoms with Crippen molar-refractivity contribution in [2.24, 2.45) is 0 Å². The largest absolute Gasteiger partial charge is 0.339 e. The summed E-state index contributed by atoms with van der Waals surface area (Å²) >= 11 is 5.94. The fourth-order valence-electron chi connectivity index (χ4n) is 5.72. The number of anilines is 2. The van der Waals surface area contributed by atoms with Gasteiger partial charge in [-0.3, -0.25) is 4.79 Å². The number of rotatable bonds is 9. The second-order valence-corrected chi connectivity index (χ2v) is 11.6. The topological polar surface area (TPSA) is 44.4 Å². The molecule has 0 bridgehead atoms. The molecule has 1 fully saturated rings. The lowest BCUT2D eigenvalue weighted by molar-refractivity contribution is -0.116. The summed E-state index contributed by atoms with van der Waals surface area (Å²) in [4.78, 5) is 15.8. The van der Waals surface area contributed by atoms with E-state index in [1.807, 2.05) is 30.3 Å². The lowest BCUT2D eigenvalue weighted by Crippen LogP contribution is -2.47. The summed E-state index contributed by atoms with van der Waals surface area (Å²) in [5, 5.41) is 7.27. The normalized spacial score (nSPS) is 14.5. The maximum Gasteiger partial charge on any atom is 0.243 e. The molecular formula is C33H41N3OS. The van der Waals surface area contributed by atoms with Crippen LogP contribution in [-0.2, 0) is 10.2 Å². The van der Waals surface area contributed by atoms with Crippen molar-refractivity contribution in [2.75, 3.05) is 23.7 Å². The first-order valence-electron chi connectivity index (χ1n) is 13.9. The van der Waals surface area contributed by atoms with Crippen molar-refractivity contribution >= 4 is 34.6 Å². The predicted octanol–water partition coefficient (Wildman–Crippen LogP) is 8.08. The van der Waals surface area contributed by atoms with Gasteiger partial charge in [-0.2, -0.15) is 0 Å². The number of thiocarbonyl (C=S) groups is 1. The van der Waals surface area contributed by atoms with Crippen LogP contribution in [0.15, 0.2) is 78.9 Å². The maximum atomic E-state index is 13.7. The van der Waals surface area contributed by atoms with E-state index < -0.39 is 0 Å². The number of hydrogen-bond acceptors (Lipinski definition) is 2. The Balaban J connectivity index is 1.62. The SMILES string of the molecule is CC(C)c1cccc(C(C)C)c1NC(=O)CN(CC1(c2ccccc2)CCCC1)C(=S)Nc1ccccc1. The van der Waals surface area contributed by atoms with E-state index in [1.54, 1.807) is 0 Å². The summed E-state index contributed by atoms with van der Waals surface area (Å²) in [6, 6.07) is 27.0. The Kier molecular flexibility index (Phi) is 9.22. The Hall–Kier alpha value is -3.18. The maximum absolute atomic E-state index is 13.7. The van der Waals surface area contributed by atoms with Crippen LogP contribution in [0.25, 0.3) is 0 Å². The third kappa shape index (κ3) is 6.63. The molecule has 0 saturated heterocycles. The van der Waals surface area contributed by atoms with Gasteiger partial charge in [0, 0.05) is 23.3 Å². The van der Waals surface area contributed by atoms with E-state index in [0.29, 0.717) is 23.5 Å². The van der Waals surface area contributed by atoms with Gasteiger partial charge in [0.2, 0.25) is 5.91 Å². The third-order valence-electron chi connectivity index (χ3n) is 7.72. The second kappa shape index (κ2) is 12.6. The molecule has 0 heterocycles. The molecule has 3 aromatic carbocycles. The van der Waals surface area contributed by atoms with Crippen molar-refractivity contribution in [1.29, 1.82) is 0 Å². The third-order valence-corrected chi connectivity index (χ3v) is 8.08. The molecule has 4 rings (SSSR count). The lowest BCUT2D eigenvalue weighted by Gasteiger charge is -2.37. The molecule has 1 saturated carbocycles. The number of nitrogens with zero attached hydrogens (tertiary/aromatic N) is 1. The summed E-state index contributed by atoms with van der Waals surface area (Å²) < 4.78 is 0. The van der Waals surface area contributed by atoms with E-state index >= 15 is 0 Å². The Bertz CT molecular complexity index is 1190. The van der Waals surface area contributed by atoms with Crippen molar-refractivity contribution in [1.82, 2.24) is 4.90 Å². The van der Waals surface area contributed by atoms with Gasteiger partial charge in [-0.25, -0.2) is 0 Å². The van der Waals surface area contributed by atoms with Gasteiger partial charge in [0.25, 0.3) is 0 Å². The van der Waals surface area contributed by atoms with Crippen molar-refractivity contribution in [3.05, 3.63) is 95.6 Å². The molecule has 1 aliphatic rings. The van der Waals surface area contributed by atoms with Gasteiger partial charge in [0.15, 0.2) is 5.11 Å². The predicted molar refractivity (Wildman–Crippen MR) is 164 cm³/mol. The summed E-state index contributed by atoms with van der Waals surface area (Å²) in [5.74, 6) is 0.569. The minimum atomic E-state index is -0.0431. The molecule has 1 aliphatic carbocycles. The first-order chi connectivity index (χ1) is 18.3. The quantitative estimate of drug-likeness (QED) is 0.276. The molecule has 0 unspecified atom stereocenters. The Morgan fingerprint density at radius 1 is 0.816 bits per heavy atom. The van der Waals surface area contributed by atoms with E-state index in [4.69, 9.17) is 12.2 Å². The highest BCUT2D eigenvalue weighted by molar-refractivity contribution is 7.80. The molecule has 200 valence electrons. The van der Waals surface area contributed by atoms with Crippen LogP contribution in [0.5, 0.6) is 0 Å². The molecular weight excluding hydrogens is 486 g/mol. The zero-order valence-corrected chi connectivity index (χ0v) is 24.0. The molecule has 3 aromatic rings. The van der Waals surface area contributed by atoms with Crippen molar-refractivity contribution < 1.29 is 4.79 Å². The van der Waals surface area contributed by atoms with Gasteiger partial charge < -0.3 is 15.5 Å². The summed E-state index contributed by atoms with van der Waals surface area (Å²) in [7, 11) is 0. The van der Waals surface area contributed by atoms with Crippen LogP contribution < -0.4 is 10.6 Å². The van der Waals surface area contributed by atoms with Crippen LogP contribution in [0.4, 0.5) is 11.4 Å². The molecule has 4 nitrogen and oxygen atoms in total. The monoisotopic (exact) mass is 527 g/mol. The van der Waals surface area contributed by atoms with E-state index in [-0.39, 0.29) is 17.9 Å². The van der Waals surface area contributed by atoms with Crippen LogP contribution in [0.3, 0.4) is 0 Å². The zero-order valence-electron chi connectivity index (χ0n) is 23.2. The summed E-state index contributed by atoms with van der Waals surface area (Å²) in [6.07, 6.45) is 4.56. The minimum Gasteiger partial charge on any atom is -0.339 e. The molecule has 0 radical (unpaired) electrons. The van der Waals surface area contributed by atoms with Crippen molar-refractivity contribution in [2.45, 2.75) is 70.6 Å².